The van der Waals surface area contributed by atoms with Gasteiger partial charge < -0.3 is 16.0 Å². The van der Waals surface area contributed by atoms with Gasteiger partial charge in [0.1, 0.15) is 5.82 Å². The van der Waals surface area contributed by atoms with E-state index in [4.69, 9.17) is 10.9 Å². The highest BCUT2D eigenvalue weighted by molar-refractivity contribution is 8.00. The molecule has 0 amide bonds. The Morgan fingerprint density at radius 1 is 1.47 bits per heavy atom. The van der Waals surface area contributed by atoms with E-state index in [0.717, 1.165) is 0 Å². The van der Waals surface area contributed by atoms with E-state index in [2.05, 4.69) is 5.16 Å². The topological polar surface area (TPSA) is 78.8 Å². The van der Waals surface area contributed by atoms with Crippen LogP contribution >= 0.6 is 11.8 Å². The predicted molar refractivity (Wildman–Crippen MR) is 65.9 cm³/mol. The molecule has 1 aromatic rings. The Labute approximate surface area is 103 Å². The molecule has 0 radical (unpaired) electrons. The number of amidine groups is 1. The van der Waals surface area contributed by atoms with Crippen LogP contribution in [-0.2, 0) is 0 Å². The molecule has 0 aliphatic rings. The second kappa shape index (κ2) is 5.88. The zero-order valence-electron chi connectivity index (χ0n) is 9.59. The third-order valence-electron chi connectivity index (χ3n) is 2.32. The number of aliphatic hydroxyl groups excluding tert-OH is 1. The SMILES string of the molecule is CC(O)C(C)Sc1ccc(F)cc1/C(N)=N/O. The van der Waals surface area contributed by atoms with Crippen molar-refractivity contribution in [3.63, 3.8) is 0 Å². The molecule has 0 aromatic heterocycles. The van der Waals surface area contributed by atoms with E-state index in [1.165, 1.54) is 23.9 Å². The van der Waals surface area contributed by atoms with E-state index in [0.29, 0.717) is 10.5 Å². The third-order valence-corrected chi connectivity index (χ3v) is 3.69. The number of halogens is 1. The van der Waals surface area contributed by atoms with Crippen LogP contribution < -0.4 is 5.73 Å². The Bertz CT molecular complexity index is 424. The minimum atomic E-state index is -0.509. The standard InChI is InChI=1S/C11H15FN2O2S/c1-6(15)7(2)17-10-4-3-8(12)5-9(10)11(13)14-16/h3-7,15-16H,1-2H3,(H2,13,14). The van der Waals surface area contributed by atoms with Crippen molar-refractivity contribution in [2.75, 3.05) is 0 Å². The molecule has 94 valence electrons. The van der Waals surface area contributed by atoms with Crippen LogP contribution in [0, 0.1) is 5.82 Å². The smallest absolute Gasteiger partial charge is 0.171 e. The van der Waals surface area contributed by atoms with E-state index in [9.17, 15) is 9.50 Å². The van der Waals surface area contributed by atoms with Gasteiger partial charge >= 0.3 is 0 Å². The molecule has 2 unspecified atom stereocenters. The summed E-state index contributed by atoms with van der Waals surface area (Å²) in [6.07, 6.45) is -0.509. The number of hydrogen-bond donors (Lipinski definition) is 3. The Balaban J connectivity index is 3.07. The Morgan fingerprint density at radius 2 is 2.12 bits per heavy atom. The fraction of sp³-hybridized carbons (Fsp3) is 0.364. The first-order valence-corrected chi connectivity index (χ1v) is 5.96. The molecule has 0 heterocycles. The van der Waals surface area contributed by atoms with Crippen LogP contribution in [0.5, 0.6) is 0 Å². The summed E-state index contributed by atoms with van der Waals surface area (Å²) in [5, 5.41) is 20.8. The van der Waals surface area contributed by atoms with E-state index in [1.807, 2.05) is 6.92 Å². The molecular weight excluding hydrogens is 243 g/mol. The van der Waals surface area contributed by atoms with Crippen molar-refractivity contribution in [1.82, 2.24) is 0 Å². The summed E-state index contributed by atoms with van der Waals surface area (Å²) in [5.74, 6) is -0.606. The van der Waals surface area contributed by atoms with Gasteiger partial charge in [0.25, 0.3) is 0 Å². The maximum Gasteiger partial charge on any atom is 0.171 e. The fourth-order valence-corrected chi connectivity index (χ4v) is 2.19. The summed E-state index contributed by atoms with van der Waals surface area (Å²) in [6.45, 7) is 3.51. The Hall–Kier alpha value is -1.27. The molecule has 4 N–H and O–H groups in total. The molecule has 1 aromatic carbocycles. The molecule has 1 rings (SSSR count). The number of oxime groups is 1. The van der Waals surface area contributed by atoms with Gasteiger partial charge in [-0.3, -0.25) is 0 Å². The number of benzene rings is 1. The summed E-state index contributed by atoms with van der Waals surface area (Å²) in [4.78, 5) is 0.662. The first-order valence-electron chi connectivity index (χ1n) is 5.08. The summed E-state index contributed by atoms with van der Waals surface area (Å²) in [5.41, 5.74) is 5.80. The highest BCUT2D eigenvalue weighted by Crippen LogP contribution is 2.29. The van der Waals surface area contributed by atoms with Crippen LogP contribution in [0.4, 0.5) is 4.39 Å². The normalized spacial score (nSPS) is 15.6. The van der Waals surface area contributed by atoms with Gasteiger partial charge in [-0.15, -0.1) is 11.8 Å². The van der Waals surface area contributed by atoms with E-state index < -0.39 is 11.9 Å². The molecule has 0 saturated carbocycles. The number of aliphatic hydroxyl groups is 1. The molecule has 0 aliphatic carbocycles. The minimum absolute atomic E-state index is 0.0781. The first kappa shape index (κ1) is 13.8. The van der Waals surface area contributed by atoms with Crippen LogP contribution in [0.2, 0.25) is 0 Å². The van der Waals surface area contributed by atoms with Gasteiger partial charge in [0.2, 0.25) is 0 Å². The van der Waals surface area contributed by atoms with Gasteiger partial charge in [0, 0.05) is 15.7 Å². The van der Waals surface area contributed by atoms with Crippen molar-refractivity contribution in [1.29, 1.82) is 0 Å². The molecular formula is C11H15FN2O2S. The lowest BCUT2D eigenvalue weighted by molar-refractivity contribution is 0.196. The predicted octanol–water partition coefficient (Wildman–Crippen LogP) is 1.78. The van der Waals surface area contributed by atoms with Crippen LogP contribution in [0.1, 0.15) is 19.4 Å². The van der Waals surface area contributed by atoms with Crippen LogP contribution in [-0.4, -0.2) is 27.5 Å². The van der Waals surface area contributed by atoms with Crippen molar-refractivity contribution in [2.24, 2.45) is 10.9 Å². The summed E-state index contributed by atoms with van der Waals surface area (Å²) in [7, 11) is 0. The second-order valence-electron chi connectivity index (χ2n) is 3.69. The number of rotatable bonds is 4. The van der Waals surface area contributed by atoms with E-state index in [-0.39, 0.29) is 11.1 Å². The molecule has 17 heavy (non-hydrogen) atoms. The highest BCUT2D eigenvalue weighted by Gasteiger charge is 2.15. The largest absolute Gasteiger partial charge is 0.409 e. The maximum atomic E-state index is 13.1. The maximum absolute atomic E-state index is 13.1. The average Bonchev–Trinajstić information content (AvgIpc) is 2.30. The zero-order valence-corrected chi connectivity index (χ0v) is 10.4. The molecule has 0 bridgehead atoms. The fourth-order valence-electron chi connectivity index (χ4n) is 1.16. The van der Waals surface area contributed by atoms with Gasteiger partial charge in [-0.2, -0.15) is 0 Å². The van der Waals surface area contributed by atoms with Gasteiger partial charge in [-0.05, 0) is 25.1 Å². The molecule has 0 saturated heterocycles. The van der Waals surface area contributed by atoms with Crippen LogP contribution in [0.25, 0.3) is 0 Å². The third kappa shape index (κ3) is 3.61. The average molecular weight is 258 g/mol. The lowest BCUT2D eigenvalue weighted by atomic mass is 10.2. The Morgan fingerprint density at radius 3 is 2.65 bits per heavy atom. The summed E-state index contributed by atoms with van der Waals surface area (Å²) >= 11 is 1.34. The van der Waals surface area contributed by atoms with Gasteiger partial charge in [0.15, 0.2) is 5.84 Å². The van der Waals surface area contributed by atoms with Crippen molar-refractivity contribution in [3.05, 3.63) is 29.6 Å². The van der Waals surface area contributed by atoms with Crippen molar-refractivity contribution in [2.45, 2.75) is 30.1 Å². The highest BCUT2D eigenvalue weighted by atomic mass is 32.2. The van der Waals surface area contributed by atoms with E-state index in [1.54, 1.807) is 13.0 Å². The summed E-state index contributed by atoms with van der Waals surface area (Å²) < 4.78 is 13.1. The second-order valence-corrected chi connectivity index (χ2v) is 5.11. The number of hydrogen-bond acceptors (Lipinski definition) is 4. The molecule has 0 fully saturated rings. The number of nitrogens with zero attached hydrogens (tertiary/aromatic N) is 1. The monoisotopic (exact) mass is 258 g/mol. The number of thioether (sulfide) groups is 1. The molecule has 4 nitrogen and oxygen atoms in total. The van der Waals surface area contributed by atoms with Crippen molar-refractivity contribution < 1.29 is 14.7 Å². The molecule has 2 atom stereocenters. The van der Waals surface area contributed by atoms with Gasteiger partial charge in [-0.1, -0.05) is 12.1 Å². The first-order chi connectivity index (χ1) is 7.95. The lowest BCUT2D eigenvalue weighted by Crippen LogP contribution is -2.18. The molecule has 0 spiro atoms. The number of nitrogens with two attached hydrogens (primary N) is 1. The van der Waals surface area contributed by atoms with Crippen LogP contribution in [0.3, 0.4) is 0 Å². The minimum Gasteiger partial charge on any atom is -0.409 e. The lowest BCUT2D eigenvalue weighted by Gasteiger charge is -2.16. The molecule has 6 heteroatoms. The molecule has 0 aliphatic heterocycles. The van der Waals surface area contributed by atoms with Gasteiger partial charge in [0.05, 0.1) is 6.10 Å². The Kier molecular flexibility index (Phi) is 4.77. The zero-order chi connectivity index (χ0) is 13.0. The van der Waals surface area contributed by atoms with Crippen LogP contribution in [0.15, 0.2) is 28.3 Å². The quantitative estimate of drug-likeness (QED) is 0.253. The van der Waals surface area contributed by atoms with Crippen molar-refractivity contribution >= 4 is 17.6 Å². The summed E-state index contributed by atoms with van der Waals surface area (Å²) in [6, 6.07) is 4.05. The van der Waals surface area contributed by atoms with E-state index >= 15 is 0 Å². The van der Waals surface area contributed by atoms with Crippen molar-refractivity contribution in [3.8, 4) is 0 Å². The van der Waals surface area contributed by atoms with Gasteiger partial charge in [-0.25, -0.2) is 4.39 Å².